The molecule has 0 aliphatic carbocycles. The number of H-pyrrole nitrogens is 1. The Morgan fingerprint density at radius 1 is 1.44 bits per heavy atom. The molecule has 0 fully saturated rings. The first kappa shape index (κ1) is 10.7. The monoisotopic (exact) mass is 219 g/mol. The quantitative estimate of drug-likeness (QED) is 0.830. The van der Waals surface area contributed by atoms with Gasteiger partial charge in [0.1, 0.15) is 0 Å². The first-order chi connectivity index (χ1) is 7.70. The predicted molar refractivity (Wildman–Crippen MR) is 60.6 cm³/mol. The van der Waals surface area contributed by atoms with Crippen LogP contribution in [0.15, 0.2) is 24.3 Å². The van der Waals surface area contributed by atoms with Gasteiger partial charge in [-0.15, -0.1) is 0 Å². The number of aromatic nitrogens is 1. The van der Waals surface area contributed by atoms with Crippen LogP contribution in [-0.4, -0.2) is 22.7 Å². The van der Waals surface area contributed by atoms with Gasteiger partial charge in [0, 0.05) is 17.8 Å². The highest BCUT2D eigenvalue weighted by Gasteiger charge is 2.06. The Morgan fingerprint density at radius 3 is 2.94 bits per heavy atom. The van der Waals surface area contributed by atoms with Crippen LogP contribution in [-0.2, 0) is 11.3 Å². The van der Waals surface area contributed by atoms with E-state index in [9.17, 15) is 4.79 Å². The maximum absolute atomic E-state index is 10.8. The zero-order valence-electron chi connectivity index (χ0n) is 8.99. The summed E-state index contributed by atoms with van der Waals surface area (Å²) >= 11 is 0. The molecule has 0 amide bonds. The van der Waals surface area contributed by atoms with Crippen molar-refractivity contribution in [2.45, 2.75) is 13.5 Å². The van der Waals surface area contributed by atoms with E-state index in [0.717, 1.165) is 16.6 Å². The van der Waals surface area contributed by atoms with Gasteiger partial charge in [0.2, 0.25) is 0 Å². The highest BCUT2D eigenvalue weighted by molar-refractivity contribution is 5.93. The van der Waals surface area contributed by atoms with Crippen LogP contribution in [0, 0.1) is 0 Å². The topological polar surface area (TPSA) is 62.3 Å². The van der Waals surface area contributed by atoms with Gasteiger partial charge in [-0.3, -0.25) is 0 Å². The van der Waals surface area contributed by atoms with Gasteiger partial charge in [-0.1, -0.05) is 6.07 Å². The van der Waals surface area contributed by atoms with Crippen molar-refractivity contribution in [2.75, 3.05) is 6.61 Å². The lowest BCUT2D eigenvalue weighted by Gasteiger charge is -1.96. The number of fused-ring (bicyclic) bond motifs is 1. The number of nitrogens with one attached hydrogen (secondary N) is 1. The number of ether oxygens (including phenoxy) is 1. The molecule has 1 aromatic carbocycles. The van der Waals surface area contributed by atoms with Gasteiger partial charge in [0.25, 0.3) is 0 Å². The van der Waals surface area contributed by atoms with Crippen LogP contribution in [0.2, 0.25) is 0 Å². The second-order valence-electron chi connectivity index (χ2n) is 3.54. The van der Waals surface area contributed by atoms with E-state index in [1.165, 1.54) is 0 Å². The lowest BCUT2D eigenvalue weighted by molar-refractivity contribution is 0.0697. The van der Waals surface area contributed by atoms with Crippen LogP contribution in [0.1, 0.15) is 23.0 Å². The van der Waals surface area contributed by atoms with Gasteiger partial charge < -0.3 is 14.8 Å². The minimum atomic E-state index is -0.914. The Labute approximate surface area is 92.9 Å². The summed E-state index contributed by atoms with van der Waals surface area (Å²) in [7, 11) is 0. The molecule has 0 spiro atoms. The molecule has 1 heterocycles. The van der Waals surface area contributed by atoms with Crippen molar-refractivity contribution in [3.05, 3.63) is 35.5 Å². The third kappa shape index (κ3) is 2.06. The molecule has 4 heteroatoms. The molecule has 0 atom stereocenters. The molecule has 0 radical (unpaired) electrons. The fourth-order valence-corrected chi connectivity index (χ4v) is 1.61. The average molecular weight is 219 g/mol. The van der Waals surface area contributed by atoms with Crippen LogP contribution >= 0.6 is 0 Å². The molecule has 0 saturated carbocycles. The standard InChI is InChI=1S/C12H13NO3/c1-2-16-7-10-5-8-3-4-9(12(14)15)6-11(8)13-10/h3-6,13H,2,7H2,1H3,(H,14,15). The molecule has 0 aliphatic heterocycles. The SMILES string of the molecule is CCOCc1cc2ccc(C(=O)O)cc2[nH]1. The van der Waals surface area contributed by atoms with E-state index in [1.807, 2.05) is 13.0 Å². The van der Waals surface area contributed by atoms with Crippen LogP contribution in [0.25, 0.3) is 10.9 Å². The van der Waals surface area contributed by atoms with Crippen molar-refractivity contribution < 1.29 is 14.6 Å². The van der Waals surface area contributed by atoms with Crippen LogP contribution < -0.4 is 0 Å². The first-order valence-electron chi connectivity index (χ1n) is 5.13. The van der Waals surface area contributed by atoms with Gasteiger partial charge >= 0.3 is 5.97 Å². The van der Waals surface area contributed by atoms with Gasteiger partial charge in [0.15, 0.2) is 0 Å². The predicted octanol–water partition coefficient (Wildman–Crippen LogP) is 2.40. The van der Waals surface area contributed by atoms with Crippen molar-refractivity contribution in [1.29, 1.82) is 0 Å². The Kier molecular flexibility index (Phi) is 2.92. The summed E-state index contributed by atoms with van der Waals surface area (Å²) in [5.41, 5.74) is 2.08. The number of rotatable bonds is 4. The molecular formula is C12H13NO3. The van der Waals surface area contributed by atoms with E-state index >= 15 is 0 Å². The Morgan fingerprint density at radius 2 is 2.25 bits per heavy atom. The zero-order valence-corrected chi connectivity index (χ0v) is 8.99. The lowest BCUT2D eigenvalue weighted by Crippen LogP contribution is -1.94. The van der Waals surface area contributed by atoms with Gasteiger partial charge in [-0.05, 0) is 30.5 Å². The van der Waals surface area contributed by atoms with Crippen LogP contribution in [0.5, 0.6) is 0 Å². The smallest absolute Gasteiger partial charge is 0.335 e. The van der Waals surface area contributed by atoms with Crippen molar-refractivity contribution in [3.8, 4) is 0 Å². The Balaban J connectivity index is 2.34. The average Bonchev–Trinajstić information content (AvgIpc) is 2.67. The third-order valence-corrected chi connectivity index (χ3v) is 2.39. The Hall–Kier alpha value is -1.81. The van der Waals surface area contributed by atoms with E-state index in [2.05, 4.69) is 4.98 Å². The maximum atomic E-state index is 10.8. The fourth-order valence-electron chi connectivity index (χ4n) is 1.61. The summed E-state index contributed by atoms with van der Waals surface area (Å²) in [6.07, 6.45) is 0. The molecule has 0 bridgehead atoms. The van der Waals surface area contributed by atoms with E-state index in [1.54, 1.807) is 18.2 Å². The van der Waals surface area contributed by atoms with Crippen molar-refractivity contribution in [3.63, 3.8) is 0 Å². The molecule has 2 N–H and O–H groups in total. The lowest BCUT2D eigenvalue weighted by atomic mass is 10.2. The molecule has 1 aromatic heterocycles. The molecule has 2 aromatic rings. The highest BCUT2D eigenvalue weighted by atomic mass is 16.5. The van der Waals surface area contributed by atoms with Gasteiger partial charge in [-0.25, -0.2) is 4.79 Å². The molecule has 2 rings (SSSR count). The first-order valence-corrected chi connectivity index (χ1v) is 5.13. The summed E-state index contributed by atoms with van der Waals surface area (Å²) in [6, 6.07) is 7.00. The molecule has 0 saturated heterocycles. The number of carboxylic acid groups (broad SMARTS) is 1. The second kappa shape index (κ2) is 4.37. The number of hydrogen-bond acceptors (Lipinski definition) is 2. The van der Waals surface area contributed by atoms with Crippen LogP contribution in [0.3, 0.4) is 0 Å². The van der Waals surface area contributed by atoms with Gasteiger partial charge in [-0.2, -0.15) is 0 Å². The Bertz CT molecular complexity index is 516. The van der Waals surface area contributed by atoms with E-state index in [0.29, 0.717) is 13.2 Å². The minimum absolute atomic E-state index is 0.289. The van der Waals surface area contributed by atoms with Crippen LogP contribution in [0.4, 0.5) is 0 Å². The number of benzene rings is 1. The molecule has 0 aliphatic rings. The van der Waals surface area contributed by atoms with E-state index in [-0.39, 0.29) is 5.56 Å². The highest BCUT2D eigenvalue weighted by Crippen LogP contribution is 2.17. The van der Waals surface area contributed by atoms with Crippen molar-refractivity contribution in [2.24, 2.45) is 0 Å². The molecule has 84 valence electrons. The van der Waals surface area contributed by atoms with E-state index < -0.39 is 5.97 Å². The second-order valence-corrected chi connectivity index (χ2v) is 3.54. The maximum Gasteiger partial charge on any atom is 0.335 e. The number of carboxylic acids is 1. The van der Waals surface area contributed by atoms with Gasteiger partial charge in [0.05, 0.1) is 12.2 Å². The number of aromatic amines is 1. The summed E-state index contributed by atoms with van der Waals surface area (Å²) in [5.74, 6) is -0.914. The molecule has 16 heavy (non-hydrogen) atoms. The normalized spacial score (nSPS) is 10.8. The number of hydrogen-bond donors (Lipinski definition) is 2. The fraction of sp³-hybridized carbons (Fsp3) is 0.250. The summed E-state index contributed by atoms with van der Waals surface area (Å²) < 4.78 is 5.28. The zero-order chi connectivity index (χ0) is 11.5. The summed E-state index contributed by atoms with van der Waals surface area (Å²) in [5, 5.41) is 9.85. The number of aromatic carboxylic acids is 1. The molecule has 4 nitrogen and oxygen atoms in total. The van der Waals surface area contributed by atoms with Crippen molar-refractivity contribution in [1.82, 2.24) is 4.98 Å². The minimum Gasteiger partial charge on any atom is -0.478 e. The largest absolute Gasteiger partial charge is 0.478 e. The summed E-state index contributed by atoms with van der Waals surface area (Å²) in [4.78, 5) is 13.9. The molecular weight excluding hydrogens is 206 g/mol. The number of carbonyl (C=O) groups is 1. The summed E-state index contributed by atoms with van der Waals surface area (Å²) in [6.45, 7) is 3.12. The molecule has 0 unspecified atom stereocenters. The van der Waals surface area contributed by atoms with E-state index in [4.69, 9.17) is 9.84 Å². The van der Waals surface area contributed by atoms with Crippen molar-refractivity contribution >= 4 is 16.9 Å². The third-order valence-electron chi connectivity index (χ3n) is 2.39.